The van der Waals surface area contributed by atoms with E-state index in [9.17, 15) is 25.9 Å². The first-order chi connectivity index (χ1) is 30.4. The molecule has 0 aliphatic heterocycles. The molecule has 63 heavy (non-hydrogen) atoms. The van der Waals surface area contributed by atoms with E-state index in [4.69, 9.17) is 28.4 Å². The SMILES string of the molecule is Cc1ccc(OCCOc2ccc(-c3cc(-c4ccc(OCCOc5ccc(S(=O)(=O)O)cc5)cc4)cc(-c4ccc(OCCOc5ccc(S(=O)(=O)O)cc5)cc4)c3)cc2)cc1. The highest BCUT2D eigenvalue weighted by atomic mass is 32.2. The number of rotatable bonds is 20. The van der Waals surface area contributed by atoms with E-state index in [0.29, 0.717) is 36.2 Å². The quantitative estimate of drug-likeness (QED) is 0.0551. The van der Waals surface area contributed by atoms with Crippen molar-refractivity contribution in [3.05, 3.63) is 169 Å². The van der Waals surface area contributed by atoms with Crippen LogP contribution in [0.4, 0.5) is 0 Å². The average molecular weight is 889 g/mol. The van der Waals surface area contributed by atoms with Crippen molar-refractivity contribution < 1.29 is 54.4 Å². The van der Waals surface area contributed by atoms with Crippen molar-refractivity contribution in [1.82, 2.24) is 0 Å². The van der Waals surface area contributed by atoms with Gasteiger partial charge >= 0.3 is 0 Å². The highest BCUT2D eigenvalue weighted by Gasteiger charge is 2.12. The molecular weight excluding hydrogens is 845 g/mol. The summed E-state index contributed by atoms with van der Waals surface area (Å²) in [4.78, 5) is -0.418. The second-order valence-corrected chi connectivity index (χ2v) is 17.0. The molecule has 0 spiro atoms. The maximum atomic E-state index is 11.3. The molecule has 7 aromatic carbocycles. The van der Waals surface area contributed by atoms with Gasteiger partial charge in [-0.1, -0.05) is 54.1 Å². The molecule has 0 unspecified atom stereocenters. The van der Waals surface area contributed by atoms with Gasteiger partial charge in [0.1, 0.15) is 74.1 Å². The molecule has 0 bridgehead atoms. The van der Waals surface area contributed by atoms with Crippen molar-refractivity contribution >= 4 is 20.2 Å². The van der Waals surface area contributed by atoms with Gasteiger partial charge in [0.05, 0.1) is 9.79 Å². The first kappa shape index (κ1) is 44.2. The molecule has 324 valence electrons. The molecule has 14 heteroatoms. The Bertz CT molecular complexity index is 2650. The summed E-state index contributed by atoms with van der Waals surface area (Å²) in [6.45, 7) is 3.78. The van der Waals surface area contributed by atoms with E-state index in [-0.39, 0.29) is 36.2 Å². The lowest BCUT2D eigenvalue weighted by Gasteiger charge is -2.14. The molecule has 0 amide bonds. The van der Waals surface area contributed by atoms with Crippen LogP contribution in [0, 0.1) is 6.92 Å². The minimum atomic E-state index is -4.28. The van der Waals surface area contributed by atoms with Crippen molar-refractivity contribution in [2.75, 3.05) is 39.6 Å². The van der Waals surface area contributed by atoms with E-state index >= 15 is 0 Å². The van der Waals surface area contributed by atoms with Gasteiger partial charge < -0.3 is 28.4 Å². The average Bonchev–Trinajstić information content (AvgIpc) is 3.29. The van der Waals surface area contributed by atoms with Gasteiger partial charge in [0, 0.05) is 0 Å². The first-order valence-electron chi connectivity index (χ1n) is 19.8. The standard InChI is InChI=1S/C49H44O12S2/c1-35-2-10-42(11-3-35)56-26-27-57-43-12-4-36(5-13-43)39-32-40(37-6-14-44(15-7-37)58-28-30-60-46-18-22-48(23-19-46)62(50,51)52)34-41(33-39)38-8-16-45(17-9-38)59-29-31-61-47-20-24-49(25-21-47)63(53,54)55/h2-25,32-34H,26-31H2,1H3,(H,50,51,52)(H,53,54,55). The van der Waals surface area contributed by atoms with E-state index in [2.05, 4.69) is 18.2 Å². The zero-order valence-corrected chi connectivity index (χ0v) is 35.8. The van der Waals surface area contributed by atoms with Crippen LogP contribution in [0.3, 0.4) is 0 Å². The number of hydrogen-bond acceptors (Lipinski definition) is 10. The van der Waals surface area contributed by atoms with Gasteiger partial charge in [-0.15, -0.1) is 0 Å². The fourth-order valence-electron chi connectivity index (χ4n) is 6.37. The summed E-state index contributed by atoms with van der Waals surface area (Å²) in [6.07, 6.45) is 0. The van der Waals surface area contributed by atoms with Crippen molar-refractivity contribution in [3.8, 4) is 67.9 Å². The lowest BCUT2D eigenvalue weighted by atomic mass is 9.93. The first-order valence-corrected chi connectivity index (χ1v) is 22.7. The number of ether oxygens (including phenoxy) is 6. The smallest absolute Gasteiger partial charge is 0.294 e. The fraction of sp³-hybridized carbons (Fsp3) is 0.143. The lowest BCUT2D eigenvalue weighted by molar-refractivity contribution is 0.217. The molecule has 7 rings (SSSR count). The third kappa shape index (κ3) is 12.8. The summed E-state index contributed by atoms with van der Waals surface area (Å²) in [7, 11) is -8.56. The van der Waals surface area contributed by atoms with Crippen LogP contribution in [-0.4, -0.2) is 65.6 Å². The van der Waals surface area contributed by atoms with E-state index in [1.807, 2.05) is 104 Å². The third-order valence-electron chi connectivity index (χ3n) is 9.62. The van der Waals surface area contributed by atoms with Crippen LogP contribution >= 0.6 is 0 Å². The van der Waals surface area contributed by atoms with Crippen LogP contribution in [0.1, 0.15) is 5.56 Å². The summed E-state index contributed by atoms with van der Waals surface area (Å²) >= 11 is 0. The Labute approximate surface area is 366 Å². The molecule has 0 aromatic heterocycles. The Hall–Kier alpha value is -6.84. The number of hydrogen-bond donors (Lipinski definition) is 2. The summed E-state index contributed by atoms with van der Waals surface area (Å²) in [6, 6.07) is 48.7. The Balaban J connectivity index is 1.01. The predicted molar refractivity (Wildman–Crippen MR) is 239 cm³/mol. The van der Waals surface area contributed by atoms with Crippen molar-refractivity contribution in [3.63, 3.8) is 0 Å². The van der Waals surface area contributed by atoms with Gasteiger partial charge in [-0.3, -0.25) is 9.11 Å². The molecule has 0 atom stereocenters. The maximum absolute atomic E-state index is 11.3. The Morgan fingerprint density at radius 3 is 0.746 bits per heavy atom. The highest BCUT2D eigenvalue weighted by Crippen LogP contribution is 2.35. The normalized spacial score (nSPS) is 11.4. The van der Waals surface area contributed by atoms with Crippen molar-refractivity contribution in [1.29, 1.82) is 0 Å². The molecule has 0 aliphatic carbocycles. The molecule has 0 saturated heterocycles. The zero-order chi connectivity index (χ0) is 44.2. The molecular formula is C49H44O12S2. The Kier molecular flexibility index (Phi) is 14.3. The topological polar surface area (TPSA) is 164 Å². The molecule has 0 radical (unpaired) electrons. The van der Waals surface area contributed by atoms with Crippen LogP contribution in [0.2, 0.25) is 0 Å². The Morgan fingerprint density at radius 2 is 0.524 bits per heavy atom. The van der Waals surface area contributed by atoms with E-state index in [1.165, 1.54) is 54.1 Å². The van der Waals surface area contributed by atoms with Crippen LogP contribution in [-0.2, 0) is 20.2 Å². The van der Waals surface area contributed by atoms with Crippen LogP contribution in [0.25, 0.3) is 33.4 Å². The largest absolute Gasteiger partial charge is 0.490 e. The summed E-state index contributed by atoms with van der Waals surface area (Å²) < 4.78 is 98.5. The van der Waals surface area contributed by atoms with E-state index in [1.54, 1.807) is 0 Å². The summed E-state index contributed by atoms with van der Waals surface area (Å²) in [5, 5.41) is 0. The van der Waals surface area contributed by atoms with Gasteiger partial charge in [-0.05, 0) is 156 Å². The van der Waals surface area contributed by atoms with Gasteiger partial charge in [-0.2, -0.15) is 16.8 Å². The van der Waals surface area contributed by atoms with E-state index in [0.717, 1.165) is 44.9 Å². The molecule has 0 aliphatic rings. The van der Waals surface area contributed by atoms with Gasteiger partial charge in [-0.25, -0.2) is 0 Å². The summed E-state index contributed by atoms with van der Waals surface area (Å²) in [5.74, 6) is 3.72. The van der Waals surface area contributed by atoms with Gasteiger partial charge in [0.25, 0.3) is 20.2 Å². The molecule has 12 nitrogen and oxygen atoms in total. The molecule has 0 saturated carbocycles. The minimum Gasteiger partial charge on any atom is -0.490 e. The van der Waals surface area contributed by atoms with Crippen LogP contribution < -0.4 is 28.4 Å². The van der Waals surface area contributed by atoms with Crippen molar-refractivity contribution in [2.24, 2.45) is 0 Å². The van der Waals surface area contributed by atoms with Gasteiger partial charge in [0.2, 0.25) is 0 Å². The highest BCUT2D eigenvalue weighted by molar-refractivity contribution is 7.86. The van der Waals surface area contributed by atoms with Gasteiger partial charge in [0.15, 0.2) is 0 Å². The monoisotopic (exact) mass is 888 g/mol. The second kappa shape index (κ2) is 20.4. The number of aryl methyl sites for hydroxylation is 1. The molecule has 0 heterocycles. The van der Waals surface area contributed by atoms with Crippen molar-refractivity contribution in [2.45, 2.75) is 16.7 Å². The molecule has 2 N–H and O–H groups in total. The zero-order valence-electron chi connectivity index (χ0n) is 34.1. The fourth-order valence-corrected chi connectivity index (χ4v) is 7.33. The number of benzene rings is 7. The third-order valence-corrected chi connectivity index (χ3v) is 11.4. The second-order valence-electron chi connectivity index (χ2n) is 14.2. The van der Waals surface area contributed by atoms with E-state index < -0.39 is 20.2 Å². The molecule has 7 aromatic rings. The summed E-state index contributed by atoms with van der Waals surface area (Å²) in [5.41, 5.74) is 7.10. The maximum Gasteiger partial charge on any atom is 0.294 e. The molecule has 0 fully saturated rings. The van der Waals surface area contributed by atoms with Crippen LogP contribution in [0.5, 0.6) is 34.5 Å². The Morgan fingerprint density at radius 1 is 0.317 bits per heavy atom. The lowest BCUT2D eigenvalue weighted by Crippen LogP contribution is -2.09. The minimum absolute atomic E-state index is 0.209. The van der Waals surface area contributed by atoms with Crippen LogP contribution in [0.15, 0.2) is 174 Å². The predicted octanol–water partition coefficient (Wildman–Crippen LogP) is 9.86.